The summed E-state index contributed by atoms with van der Waals surface area (Å²) < 4.78 is 23.3. The van der Waals surface area contributed by atoms with Gasteiger partial charge in [-0.1, -0.05) is 61.4 Å². The molecule has 2 N–H and O–H groups in total. The number of aliphatic imine (C=N–C) groups is 1. The maximum atomic E-state index is 13.9. The van der Waals surface area contributed by atoms with Crippen LogP contribution in [0, 0.1) is 18.3 Å². The normalized spacial score (nSPS) is 25.2. The van der Waals surface area contributed by atoms with E-state index in [-0.39, 0.29) is 24.5 Å². The van der Waals surface area contributed by atoms with Crippen LogP contribution in [0.3, 0.4) is 0 Å². The number of amides is 3. The second kappa shape index (κ2) is 21.7. The fraction of sp³-hybridized carbons (Fsp3) is 0.509. The van der Waals surface area contributed by atoms with Gasteiger partial charge in [0.2, 0.25) is 5.91 Å². The molecule has 6 unspecified atom stereocenters. The zero-order valence-corrected chi connectivity index (χ0v) is 39.8. The summed E-state index contributed by atoms with van der Waals surface area (Å²) in [6.07, 6.45) is 15.6. The van der Waals surface area contributed by atoms with Gasteiger partial charge in [-0.25, -0.2) is 10.3 Å². The van der Waals surface area contributed by atoms with Crippen molar-refractivity contribution in [3.63, 3.8) is 0 Å². The maximum Gasteiger partial charge on any atom is 0.412 e. The molecule has 0 aromatic heterocycles. The van der Waals surface area contributed by atoms with E-state index >= 15 is 0 Å². The van der Waals surface area contributed by atoms with Crippen molar-refractivity contribution in [2.45, 2.75) is 96.2 Å². The van der Waals surface area contributed by atoms with Crippen LogP contribution in [0.25, 0.3) is 0 Å². The molecule has 9 rings (SSSR count). The van der Waals surface area contributed by atoms with Gasteiger partial charge in [0, 0.05) is 63.2 Å². The third-order valence-electron chi connectivity index (χ3n) is 14.7. The molecule has 3 aromatic carbocycles. The average Bonchev–Trinajstić information content (AvgIpc) is 3.86. The monoisotopic (exact) mass is 930 g/mol. The number of nitrogens with zero attached hydrogens (tertiary/aromatic N) is 5. The third-order valence-corrected chi connectivity index (χ3v) is 14.7. The summed E-state index contributed by atoms with van der Waals surface area (Å²) in [6, 6.07) is 22.1. The second-order valence-electron chi connectivity index (χ2n) is 18.9. The van der Waals surface area contributed by atoms with Gasteiger partial charge in [-0.2, -0.15) is 0 Å². The zero-order chi connectivity index (χ0) is 47.0. The molecular weight excluding hydrogens is 863 g/mol. The number of nitrogens with one attached hydrogen (secondary N) is 2. The summed E-state index contributed by atoms with van der Waals surface area (Å²) in [5.74, 6) is 1.42. The first kappa shape index (κ1) is 47.3. The molecule has 68 heavy (non-hydrogen) atoms. The molecule has 15 nitrogen and oxygen atoms in total. The molecule has 6 aliphatic rings. The summed E-state index contributed by atoms with van der Waals surface area (Å²) >= 11 is 0. The Labute approximate surface area is 400 Å². The van der Waals surface area contributed by atoms with Crippen LogP contribution in [0.2, 0.25) is 0 Å². The fourth-order valence-corrected chi connectivity index (χ4v) is 11.5. The molecule has 4 fully saturated rings. The van der Waals surface area contributed by atoms with E-state index < -0.39 is 18.2 Å². The second-order valence-corrected chi connectivity index (χ2v) is 18.9. The smallest absolute Gasteiger partial charge is 0.412 e. The van der Waals surface area contributed by atoms with Gasteiger partial charge in [-0.05, 0) is 106 Å². The Hall–Kier alpha value is -5.74. The Morgan fingerprint density at radius 3 is 2.59 bits per heavy atom. The SMILES string of the molecule is CCOc1ccccc1N1C(=O)C2C=CC=CC2=NC1CN1CCN(C(=O)COc2ccc(CONCCCCCN3C4CCCC45CC(OC(=O)Nc4cc(C)ccc4OC)CC35)cc2)CC1. The number of anilines is 2. The van der Waals surface area contributed by atoms with Crippen LogP contribution >= 0.6 is 0 Å². The Bertz CT molecular complexity index is 2350. The van der Waals surface area contributed by atoms with Gasteiger partial charge in [-0.3, -0.25) is 39.4 Å². The number of hydroxylamine groups is 1. The number of para-hydroxylation sites is 2. The lowest BCUT2D eigenvalue weighted by atomic mass is 9.68. The molecule has 3 aromatic rings. The van der Waals surface area contributed by atoms with Gasteiger partial charge >= 0.3 is 6.09 Å². The minimum atomic E-state index is -0.426. The predicted molar refractivity (Wildman–Crippen MR) is 261 cm³/mol. The number of fused-ring (bicyclic) bond motifs is 1. The lowest BCUT2D eigenvalue weighted by Gasteiger charge is -2.58. The summed E-state index contributed by atoms with van der Waals surface area (Å²) in [5.41, 5.74) is 7.61. The topological polar surface area (TPSA) is 147 Å². The van der Waals surface area contributed by atoms with Crippen molar-refractivity contribution in [2.24, 2.45) is 16.3 Å². The molecule has 3 aliphatic heterocycles. The fourth-order valence-electron chi connectivity index (χ4n) is 11.5. The number of unbranched alkanes of at least 4 members (excludes halogenated alkanes) is 2. The van der Waals surface area contributed by atoms with Crippen LogP contribution in [0.5, 0.6) is 17.2 Å². The summed E-state index contributed by atoms with van der Waals surface area (Å²) in [5, 5.41) is 2.91. The number of piperazine rings is 1. The molecule has 15 heteroatoms. The highest BCUT2D eigenvalue weighted by molar-refractivity contribution is 6.18. The molecule has 3 heterocycles. The van der Waals surface area contributed by atoms with Gasteiger partial charge in [0.05, 0.1) is 43.3 Å². The van der Waals surface area contributed by atoms with Crippen LogP contribution in [0.1, 0.15) is 69.4 Å². The number of ether oxygens (including phenoxy) is 4. The molecule has 2 saturated carbocycles. The van der Waals surface area contributed by atoms with E-state index in [0.29, 0.717) is 86.4 Å². The van der Waals surface area contributed by atoms with Crippen LogP contribution in [0.15, 0.2) is 96.0 Å². The van der Waals surface area contributed by atoms with Gasteiger partial charge in [0.15, 0.2) is 6.61 Å². The van der Waals surface area contributed by atoms with Crippen molar-refractivity contribution in [1.82, 2.24) is 20.2 Å². The van der Waals surface area contributed by atoms with Gasteiger partial charge < -0.3 is 23.8 Å². The van der Waals surface area contributed by atoms with Crippen molar-refractivity contribution in [2.75, 3.05) is 76.4 Å². The van der Waals surface area contributed by atoms with Crippen LogP contribution < -0.4 is 29.9 Å². The molecule has 3 amide bonds. The minimum absolute atomic E-state index is 0.0195. The van der Waals surface area contributed by atoms with E-state index in [4.69, 9.17) is 28.8 Å². The largest absolute Gasteiger partial charge is 0.495 e. The van der Waals surface area contributed by atoms with Crippen LogP contribution in [-0.2, 0) is 25.8 Å². The third kappa shape index (κ3) is 10.5. The number of hydrogen-bond acceptors (Lipinski definition) is 12. The Kier molecular flexibility index (Phi) is 15.1. The predicted octanol–water partition coefficient (Wildman–Crippen LogP) is 7.31. The number of methoxy groups -OCH3 is 1. The van der Waals surface area contributed by atoms with Gasteiger partial charge in [0.1, 0.15) is 29.5 Å². The molecule has 6 atom stereocenters. The molecule has 0 bridgehead atoms. The summed E-state index contributed by atoms with van der Waals surface area (Å²) in [6.45, 7) is 9.66. The minimum Gasteiger partial charge on any atom is -0.495 e. The average molecular weight is 930 g/mol. The molecule has 1 spiro atoms. The zero-order valence-electron chi connectivity index (χ0n) is 39.8. The van der Waals surface area contributed by atoms with Crippen LogP contribution in [-0.4, -0.2) is 129 Å². The van der Waals surface area contributed by atoms with E-state index in [1.807, 2.05) is 110 Å². The van der Waals surface area contributed by atoms with Crippen molar-refractivity contribution < 1.29 is 38.2 Å². The number of allylic oxidation sites excluding steroid dienone is 3. The summed E-state index contributed by atoms with van der Waals surface area (Å²) in [7, 11) is 1.60. The highest BCUT2D eigenvalue weighted by Crippen LogP contribution is 2.63. The Morgan fingerprint density at radius 1 is 0.926 bits per heavy atom. The van der Waals surface area contributed by atoms with E-state index in [0.717, 1.165) is 67.7 Å². The van der Waals surface area contributed by atoms with Crippen LogP contribution in [0.4, 0.5) is 16.2 Å². The van der Waals surface area contributed by atoms with Gasteiger partial charge in [0.25, 0.3) is 5.91 Å². The Balaban J connectivity index is 0.644. The van der Waals surface area contributed by atoms with E-state index in [1.165, 1.54) is 19.3 Å². The number of carbonyl (C=O) groups excluding carboxylic acids is 3. The lowest BCUT2D eigenvalue weighted by Crippen LogP contribution is -2.66. The molecule has 3 aliphatic carbocycles. The number of rotatable bonds is 20. The number of likely N-dealkylation sites (tertiary alicyclic amines) is 1. The Morgan fingerprint density at radius 2 is 1.76 bits per heavy atom. The first-order valence-electron chi connectivity index (χ1n) is 24.6. The molecule has 2 saturated heterocycles. The number of hydrogen-bond donors (Lipinski definition) is 2. The maximum absolute atomic E-state index is 13.9. The first-order chi connectivity index (χ1) is 33.2. The van der Waals surface area contributed by atoms with Crippen molar-refractivity contribution in [3.8, 4) is 17.2 Å². The molecule has 362 valence electrons. The van der Waals surface area contributed by atoms with E-state index in [2.05, 4.69) is 20.6 Å². The van der Waals surface area contributed by atoms with Crippen molar-refractivity contribution in [1.29, 1.82) is 0 Å². The van der Waals surface area contributed by atoms with E-state index in [9.17, 15) is 14.4 Å². The van der Waals surface area contributed by atoms with Crippen molar-refractivity contribution in [3.05, 3.63) is 102 Å². The summed E-state index contributed by atoms with van der Waals surface area (Å²) in [4.78, 5) is 59.5. The first-order valence-corrected chi connectivity index (χ1v) is 24.6. The quantitative estimate of drug-likeness (QED) is 0.0869. The number of carbonyl (C=O) groups is 3. The van der Waals surface area contributed by atoms with Crippen molar-refractivity contribution >= 4 is 35.0 Å². The number of aryl methyl sites for hydroxylation is 1. The van der Waals surface area contributed by atoms with E-state index in [1.54, 1.807) is 12.0 Å². The lowest BCUT2D eigenvalue weighted by molar-refractivity contribution is -0.135. The number of benzene rings is 3. The highest BCUT2D eigenvalue weighted by atomic mass is 16.6. The van der Waals surface area contributed by atoms with Gasteiger partial charge in [-0.15, -0.1) is 0 Å². The molecular formula is C53H67N7O8. The standard InChI is InChI=1S/C53H67N7O8/c1-4-65-46-16-9-8-15-44(46)60-49(55-42-14-7-6-13-41(42)51(60)62)34-57-27-29-58(30-28-57)50(61)36-66-39-21-19-38(20-22-39)35-67-54-25-10-5-11-26-59-47-17-12-24-53(47)33-40(32-48(53)59)68-52(63)56-43-31-37(2)18-23-45(43)64-3/h6-9,13-16,18-23,31,40-41,47-49,54H,4-5,10-12,17,24-30,32-36H2,1-3H3,(H,56,63). The highest BCUT2D eigenvalue weighted by Gasteiger charge is 2.66. The molecule has 0 radical (unpaired) electrons.